The Labute approximate surface area is 179 Å². The number of hydrogen-bond donors (Lipinski definition) is 1. The molecule has 0 spiro atoms. The van der Waals surface area contributed by atoms with E-state index in [4.69, 9.17) is 4.74 Å². The second-order valence-electron chi connectivity index (χ2n) is 7.09. The highest BCUT2D eigenvalue weighted by molar-refractivity contribution is 6.03. The Morgan fingerprint density at radius 1 is 1.00 bits per heavy atom. The maximum absolute atomic E-state index is 12.6. The van der Waals surface area contributed by atoms with Crippen molar-refractivity contribution in [1.29, 1.82) is 0 Å². The highest BCUT2D eigenvalue weighted by Gasteiger charge is 2.21. The minimum Gasteiger partial charge on any atom is -0.492 e. The average molecular weight is 418 g/mol. The molecule has 0 saturated carbocycles. The van der Waals surface area contributed by atoms with Crippen molar-refractivity contribution >= 4 is 23.2 Å². The Bertz CT molecular complexity index is 1130. The summed E-state index contributed by atoms with van der Waals surface area (Å²) in [6, 6.07) is 19.0. The Kier molecular flexibility index (Phi) is 6.07. The van der Waals surface area contributed by atoms with Crippen molar-refractivity contribution in [2.75, 3.05) is 23.4 Å². The lowest BCUT2D eigenvalue weighted by Gasteiger charge is -2.16. The summed E-state index contributed by atoms with van der Waals surface area (Å²) in [6.07, 6.45) is 1.42. The molecule has 3 aromatic rings. The number of carbonyl (C=O) groups is 2. The lowest BCUT2D eigenvalue weighted by atomic mass is 10.2. The van der Waals surface area contributed by atoms with Gasteiger partial charge in [-0.3, -0.25) is 14.4 Å². The van der Waals surface area contributed by atoms with Crippen LogP contribution in [-0.4, -0.2) is 34.7 Å². The largest absolute Gasteiger partial charge is 0.492 e. The minimum atomic E-state index is -0.428. The van der Waals surface area contributed by atoms with E-state index < -0.39 is 5.91 Å². The van der Waals surface area contributed by atoms with Crippen LogP contribution in [0.15, 0.2) is 71.5 Å². The van der Waals surface area contributed by atoms with Gasteiger partial charge in [0.1, 0.15) is 18.1 Å². The van der Waals surface area contributed by atoms with Crippen molar-refractivity contribution in [3.8, 4) is 5.75 Å². The molecule has 0 radical (unpaired) electrons. The van der Waals surface area contributed by atoms with Crippen molar-refractivity contribution in [2.45, 2.75) is 19.4 Å². The second-order valence-corrected chi connectivity index (χ2v) is 7.09. The molecule has 1 aliphatic rings. The molecule has 1 aliphatic heterocycles. The highest BCUT2D eigenvalue weighted by Crippen LogP contribution is 2.23. The van der Waals surface area contributed by atoms with Crippen LogP contribution in [-0.2, 0) is 11.3 Å². The number of amides is 2. The SMILES string of the molecule is O=C(Nc1ccc(N2CCCC2=O)cc1)c1ccc(=O)n(CCOc2ccccc2)n1. The lowest BCUT2D eigenvalue weighted by molar-refractivity contribution is -0.117. The fourth-order valence-corrected chi connectivity index (χ4v) is 3.34. The van der Waals surface area contributed by atoms with Gasteiger partial charge in [0.25, 0.3) is 11.5 Å². The highest BCUT2D eigenvalue weighted by atomic mass is 16.5. The van der Waals surface area contributed by atoms with Gasteiger partial charge in [0.05, 0.1) is 6.54 Å². The van der Waals surface area contributed by atoms with E-state index >= 15 is 0 Å². The maximum atomic E-state index is 12.6. The molecule has 8 nitrogen and oxygen atoms in total. The first-order chi connectivity index (χ1) is 15.1. The zero-order valence-corrected chi connectivity index (χ0v) is 16.9. The van der Waals surface area contributed by atoms with Crippen LogP contribution in [0.3, 0.4) is 0 Å². The first-order valence-corrected chi connectivity index (χ1v) is 10.1. The molecule has 1 saturated heterocycles. The summed E-state index contributed by atoms with van der Waals surface area (Å²) < 4.78 is 6.80. The van der Waals surface area contributed by atoms with Crippen LogP contribution in [0.5, 0.6) is 5.75 Å². The summed E-state index contributed by atoms with van der Waals surface area (Å²) in [5.74, 6) is 0.380. The summed E-state index contributed by atoms with van der Waals surface area (Å²) in [6.45, 7) is 1.18. The molecule has 1 fully saturated rings. The fraction of sp³-hybridized carbons (Fsp3) is 0.217. The Morgan fingerprint density at radius 3 is 2.48 bits per heavy atom. The molecule has 0 unspecified atom stereocenters. The van der Waals surface area contributed by atoms with Gasteiger partial charge in [-0.15, -0.1) is 0 Å². The summed E-state index contributed by atoms with van der Waals surface area (Å²) in [5, 5.41) is 6.91. The van der Waals surface area contributed by atoms with Gasteiger partial charge in [-0.25, -0.2) is 4.68 Å². The molecule has 1 aromatic heterocycles. The van der Waals surface area contributed by atoms with E-state index in [9.17, 15) is 14.4 Å². The van der Waals surface area contributed by atoms with Crippen molar-refractivity contribution < 1.29 is 14.3 Å². The predicted octanol–water partition coefficient (Wildman–Crippen LogP) is 2.70. The number of anilines is 2. The predicted molar refractivity (Wildman–Crippen MR) is 116 cm³/mol. The quantitative estimate of drug-likeness (QED) is 0.637. The normalized spacial score (nSPS) is 13.3. The molecule has 0 bridgehead atoms. The number of para-hydroxylation sites is 1. The molecule has 0 aliphatic carbocycles. The topological polar surface area (TPSA) is 93.5 Å². The molecule has 4 rings (SSSR count). The van der Waals surface area contributed by atoms with Crippen molar-refractivity contribution in [3.63, 3.8) is 0 Å². The monoisotopic (exact) mass is 418 g/mol. The molecule has 1 N–H and O–H groups in total. The molecular weight excluding hydrogens is 396 g/mol. The van der Waals surface area contributed by atoms with E-state index in [2.05, 4.69) is 10.4 Å². The Balaban J connectivity index is 1.38. The van der Waals surface area contributed by atoms with E-state index in [1.807, 2.05) is 30.3 Å². The number of ether oxygens (including phenoxy) is 1. The lowest BCUT2D eigenvalue weighted by Crippen LogP contribution is -2.28. The standard InChI is InChI=1S/C23H22N4O4/c28-21-7-4-14-26(21)18-10-8-17(9-11-18)24-23(30)20-12-13-22(29)27(25-20)15-16-31-19-5-2-1-3-6-19/h1-3,5-6,8-13H,4,7,14-16H2,(H,24,30). The summed E-state index contributed by atoms with van der Waals surface area (Å²) in [7, 11) is 0. The smallest absolute Gasteiger partial charge is 0.276 e. The zero-order chi connectivity index (χ0) is 21.6. The van der Waals surface area contributed by atoms with Crippen LogP contribution in [0, 0.1) is 0 Å². The third-order valence-corrected chi connectivity index (χ3v) is 4.92. The minimum absolute atomic E-state index is 0.111. The van der Waals surface area contributed by atoms with E-state index in [0.29, 0.717) is 24.4 Å². The number of hydrogen-bond acceptors (Lipinski definition) is 5. The third-order valence-electron chi connectivity index (χ3n) is 4.92. The molecule has 0 atom stereocenters. The number of aromatic nitrogens is 2. The molecule has 2 amide bonds. The van der Waals surface area contributed by atoms with E-state index in [1.54, 1.807) is 29.2 Å². The maximum Gasteiger partial charge on any atom is 0.276 e. The van der Waals surface area contributed by atoms with Gasteiger partial charge >= 0.3 is 0 Å². The molecule has 158 valence electrons. The van der Waals surface area contributed by atoms with Gasteiger partial charge in [-0.2, -0.15) is 5.10 Å². The molecule has 8 heteroatoms. The first kappa shape index (κ1) is 20.3. The van der Waals surface area contributed by atoms with Crippen molar-refractivity contribution in [3.05, 3.63) is 82.8 Å². The van der Waals surface area contributed by atoms with E-state index in [0.717, 1.165) is 12.1 Å². The Morgan fingerprint density at radius 2 is 1.77 bits per heavy atom. The average Bonchev–Trinajstić information content (AvgIpc) is 3.22. The van der Waals surface area contributed by atoms with Crippen LogP contribution in [0.1, 0.15) is 23.3 Å². The molecule has 2 heterocycles. The molecular formula is C23H22N4O4. The van der Waals surface area contributed by atoms with Gasteiger partial charge in [-0.1, -0.05) is 18.2 Å². The van der Waals surface area contributed by atoms with Crippen LogP contribution >= 0.6 is 0 Å². The number of nitrogens with one attached hydrogen (secondary N) is 1. The summed E-state index contributed by atoms with van der Waals surface area (Å²) in [5.41, 5.74) is 1.20. The van der Waals surface area contributed by atoms with Crippen LogP contribution < -0.4 is 20.5 Å². The van der Waals surface area contributed by atoms with Gasteiger partial charge in [0.2, 0.25) is 5.91 Å². The zero-order valence-electron chi connectivity index (χ0n) is 16.9. The number of benzene rings is 2. The summed E-state index contributed by atoms with van der Waals surface area (Å²) in [4.78, 5) is 38.2. The second kappa shape index (κ2) is 9.25. The molecule has 31 heavy (non-hydrogen) atoms. The first-order valence-electron chi connectivity index (χ1n) is 10.1. The van der Waals surface area contributed by atoms with Crippen LogP contribution in [0.2, 0.25) is 0 Å². The van der Waals surface area contributed by atoms with Gasteiger partial charge < -0.3 is 15.0 Å². The number of rotatable bonds is 7. The third kappa shape index (κ3) is 4.98. The van der Waals surface area contributed by atoms with Crippen LogP contribution in [0.25, 0.3) is 0 Å². The van der Waals surface area contributed by atoms with Gasteiger partial charge in [-0.05, 0) is 48.9 Å². The number of carbonyl (C=O) groups excluding carboxylic acids is 2. The van der Waals surface area contributed by atoms with Gasteiger partial charge in [0, 0.05) is 30.4 Å². The molecule has 2 aromatic carbocycles. The fourth-order valence-electron chi connectivity index (χ4n) is 3.34. The van der Waals surface area contributed by atoms with E-state index in [-0.39, 0.29) is 30.3 Å². The van der Waals surface area contributed by atoms with E-state index in [1.165, 1.54) is 16.8 Å². The van der Waals surface area contributed by atoms with Crippen molar-refractivity contribution in [1.82, 2.24) is 9.78 Å². The Hall–Kier alpha value is -3.94. The van der Waals surface area contributed by atoms with Gasteiger partial charge in [0.15, 0.2) is 0 Å². The summed E-state index contributed by atoms with van der Waals surface area (Å²) >= 11 is 0. The van der Waals surface area contributed by atoms with Crippen molar-refractivity contribution in [2.24, 2.45) is 0 Å². The number of nitrogens with zero attached hydrogens (tertiary/aromatic N) is 3. The van der Waals surface area contributed by atoms with Crippen LogP contribution in [0.4, 0.5) is 11.4 Å².